The minimum atomic E-state index is 0.304. The summed E-state index contributed by atoms with van der Waals surface area (Å²) in [4.78, 5) is 10.5. The van der Waals surface area contributed by atoms with E-state index in [1.165, 1.54) is 0 Å². The topological polar surface area (TPSA) is 26.3 Å². The molecule has 0 aromatic heterocycles. The molecule has 2 heteroatoms. The summed E-state index contributed by atoms with van der Waals surface area (Å²) < 4.78 is 5.45. The lowest BCUT2D eigenvalue weighted by molar-refractivity contribution is -0.112. The molecule has 1 heterocycles. The van der Waals surface area contributed by atoms with E-state index >= 15 is 0 Å². The Balaban J connectivity index is 2.06. The van der Waals surface area contributed by atoms with E-state index < -0.39 is 0 Å². The molecule has 1 saturated carbocycles. The Hall–Kier alpha value is -0.370. The van der Waals surface area contributed by atoms with E-state index in [0.717, 1.165) is 32.2 Å². The number of rotatable bonds is 1. The van der Waals surface area contributed by atoms with Gasteiger partial charge in [-0.15, -0.1) is 0 Å². The first kappa shape index (κ1) is 6.35. The van der Waals surface area contributed by atoms with E-state index in [9.17, 15) is 4.79 Å². The van der Waals surface area contributed by atoms with Crippen molar-refractivity contribution in [1.82, 2.24) is 0 Å². The smallest absolute Gasteiger partial charge is 0.123 e. The second-order valence-corrected chi connectivity index (χ2v) is 3.33. The molecule has 2 rings (SSSR count). The monoisotopic (exact) mass is 140 g/mol. The van der Waals surface area contributed by atoms with Gasteiger partial charge in [-0.25, -0.2) is 0 Å². The molecule has 0 radical (unpaired) electrons. The molecule has 1 aliphatic heterocycles. The fourth-order valence-electron chi connectivity index (χ4n) is 2.03. The zero-order valence-electron chi connectivity index (χ0n) is 5.95. The van der Waals surface area contributed by atoms with Crippen LogP contribution in [-0.4, -0.2) is 19.0 Å². The number of carbonyl (C=O) groups is 1. The van der Waals surface area contributed by atoms with Gasteiger partial charge >= 0.3 is 0 Å². The van der Waals surface area contributed by atoms with Crippen molar-refractivity contribution in [3.8, 4) is 0 Å². The van der Waals surface area contributed by atoms with Crippen LogP contribution in [0.2, 0.25) is 0 Å². The van der Waals surface area contributed by atoms with Crippen LogP contribution in [0.15, 0.2) is 0 Å². The summed E-state index contributed by atoms with van der Waals surface area (Å²) in [6.07, 6.45) is 4.87. The van der Waals surface area contributed by atoms with Gasteiger partial charge in [0.05, 0.1) is 12.7 Å². The van der Waals surface area contributed by atoms with E-state index in [1.807, 2.05) is 0 Å². The summed E-state index contributed by atoms with van der Waals surface area (Å²) in [5.74, 6) is 0.856. The first-order chi connectivity index (χ1) is 4.90. The van der Waals surface area contributed by atoms with Gasteiger partial charge in [0.15, 0.2) is 0 Å². The van der Waals surface area contributed by atoms with Gasteiger partial charge in [0, 0.05) is 5.92 Å². The van der Waals surface area contributed by atoms with E-state index in [2.05, 4.69) is 0 Å². The predicted octanol–water partition coefficient (Wildman–Crippen LogP) is 1.00. The quantitative estimate of drug-likeness (QED) is 0.508. The van der Waals surface area contributed by atoms with Crippen molar-refractivity contribution in [2.45, 2.75) is 25.4 Å². The Labute approximate surface area is 60.6 Å². The van der Waals surface area contributed by atoms with Crippen LogP contribution >= 0.6 is 0 Å². The summed E-state index contributed by atoms with van der Waals surface area (Å²) in [7, 11) is 0. The Bertz CT molecular complexity index is 144. The van der Waals surface area contributed by atoms with Gasteiger partial charge in [-0.1, -0.05) is 0 Å². The van der Waals surface area contributed by atoms with Crippen LogP contribution in [-0.2, 0) is 9.53 Å². The lowest BCUT2D eigenvalue weighted by atomic mass is 9.81. The molecule has 3 unspecified atom stereocenters. The summed E-state index contributed by atoms with van der Waals surface area (Å²) in [5.41, 5.74) is 0. The molecule has 10 heavy (non-hydrogen) atoms. The fourth-order valence-corrected chi connectivity index (χ4v) is 2.03. The van der Waals surface area contributed by atoms with Crippen molar-refractivity contribution in [3.63, 3.8) is 0 Å². The zero-order valence-corrected chi connectivity index (χ0v) is 5.95. The maximum Gasteiger partial charge on any atom is 0.123 e. The average Bonchev–Trinajstić information content (AvgIpc) is 2.34. The highest BCUT2D eigenvalue weighted by molar-refractivity contribution is 5.54. The van der Waals surface area contributed by atoms with Crippen molar-refractivity contribution in [2.24, 2.45) is 11.8 Å². The van der Waals surface area contributed by atoms with Crippen LogP contribution in [0, 0.1) is 11.8 Å². The van der Waals surface area contributed by atoms with Crippen LogP contribution < -0.4 is 0 Å². The van der Waals surface area contributed by atoms with Crippen LogP contribution in [0.3, 0.4) is 0 Å². The molecule has 3 atom stereocenters. The second-order valence-electron chi connectivity index (χ2n) is 3.33. The highest BCUT2D eigenvalue weighted by Crippen LogP contribution is 2.36. The lowest BCUT2D eigenvalue weighted by Crippen LogP contribution is -2.21. The van der Waals surface area contributed by atoms with Gasteiger partial charge in [-0.2, -0.15) is 0 Å². The van der Waals surface area contributed by atoms with Crippen LogP contribution in [0.5, 0.6) is 0 Å². The van der Waals surface area contributed by atoms with Gasteiger partial charge < -0.3 is 9.53 Å². The Morgan fingerprint density at radius 3 is 3.10 bits per heavy atom. The molecular formula is C8H12O2. The molecule has 2 fully saturated rings. The number of fused-ring (bicyclic) bond motifs is 2. The van der Waals surface area contributed by atoms with Gasteiger partial charge in [0.2, 0.25) is 0 Å². The summed E-state index contributed by atoms with van der Waals surface area (Å²) in [6, 6.07) is 0. The normalized spacial score (nSPS) is 45.4. The van der Waals surface area contributed by atoms with Crippen molar-refractivity contribution < 1.29 is 9.53 Å². The van der Waals surface area contributed by atoms with E-state index in [0.29, 0.717) is 17.9 Å². The molecule has 0 amide bonds. The van der Waals surface area contributed by atoms with Crippen LogP contribution in [0.4, 0.5) is 0 Å². The van der Waals surface area contributed by atoms with Gasteiger partial charge in [-0.3, -0.25) is 0 Å². The molecule has 2 aliphatic rings. The molecule has 0 spiro atoms. The number of hydrogen-bond acceptors (Lipinski definition) is 2. The van der Waals surface area contributed by atoms with Gasteiger partial charge in [0.1, 0.15) is 6.29 Å². The maximum absolute atomic E-state index is 10.5. The van der Waals surface area contributed by atoms with Crippen LogP contribution in [0.1, 0.15) is 19.3 Å². The van der Waals surface area contributed by atoms with E-state index in [4.69, 9.17) is 4.74 Å². The Morgan fingerprint density at radius 1 is 1.40 bits per heavy atom. The fraction of sp³-hybridized carbons (Fsp3) is 0.875. The lowest BCUT2D eigenvalue weighted by Gasteiger charge is -2.21. The Kier molecular flexibility index (Phi) is 1.49. The standard InChI is InChI=1S/C8H12O2/c9-4-6-1-2-8-3-7(6)5-10-8/h4,6-8H,1-3,5H2. The molecule has 1 aliphatic carbocycles. The molecule has 0 N–H and O–H groups in total. The molecule has 2 nitrogen and oxygen atoms in total. The highest BCUT2D eigenvalue weighted by Gasteiger charge is 2.36. The average molecular weight is 140 g/mol. The van der Waals surface area contributed by atoms with Crippen molar-refractivity contribution in [1.29, 1.82) is 0 Å². The molecule has 0 aromatic rings. The van der Waals surface area contributed by atoms with Crippen molar-refractivity contribution in [3.05, 3.63) is 0 Å². The number of aldehydes is 1. The third kappa shape index (κ3) is 0.870. The summed E-state index contributed by atoms with van der Waals surface area (Å²) in [6.45, 7) is 0.827. The zero-order chi connectivity index (χ0) is 6.97. The summed E-state index contributed by atoms with van der Waals surface area (Å²) >= 11 is 0. The van der Waals surface area contributed by atoms with E-state index in [1.54, 1.807) is 0 Å². The van der Waals surface area contributed by atoms with Gasteiger partial charge in [0.25, 0.3) is 0 Å². The minimum absolute atomic E-state index is 0.304. The van der Waals surface area contributed by atoms with Crippen molar-refractivity contribution in [2.75, 3.05) is 6.61 Å². The molecule has 56 valence electrons. The van der Waals surface area contributed by atoms with Crippen molar-refractivity contribution >= 4 is 6.29 Å². The second kappa shape index (κ2) is 2.35. The third-order valence-electron chi connectivity index (χ3n) is 2.71. The maximum atomic E-state index is 10.5. The molecule has 2 bridgehead atoms. The molecule has 0 aromatic carbocycles. The minimum Gasteiger partial charge on any atom is -0.378 e. The van der Waals surface area contributed by atoms with Crippen LogP contribution in [0.25, 0.3) is 0 Å². The Morgan fingerprint density at radius 2 is 2.30 bits per heavy atom. The largest absolute Gasteiger partial charge is 0.378 e. The van der Waals surface area contributed by atoms with E-state index in [-0.39, 0.29) is 0 Å². The molecular weight excluding hydrogens is 128 g/mol. The predicted molar refractivity (Wildman–Crippen MR) is 36.6 cm³/mol. The number of carbonyl (C=O) groups excluding carboxylic acids is 1. The highest BCUT2D eigenvalue weighted by atomic mass is 16.5. The third-order valence-corrected chi connectivity index (χ3v) is 2.71. The van der Waals surface area contributed by atoms with Gasteiger partial charge in [-0.05, 0) is 25.2 Å². The first-order valence-corrected chi connectivity index (χ1v) is 3.97. The first-order valence-electron chi connectivity index (χ1n) is 3.97. The summed E-state index contributed by atoms with van der Waals surface area (Å²) in [5, 5.41) is 0. The SMILES string of the molecule is O=CC1CCC2CC1CO2. The molecule has 1 saturated heterocycles. The number of hydrogen-bond donors (Lipinski definition) is 0. The number of ether oxygens (including phenoxy) is 1.